The molecule has 4 aromatic rings. The highest BCUT2D eigenvalue weighted by molar-refractivity contribution is 5.88. The van der Waals surface area contributed by atoms with Gasteiger partial charge in [-0.1, -0.05) is 43.5 Å². The molecule has 3 aliphatic rings. The summed E-state index contributed by atoms with van der Waals surface area (Å²) in [4.78, 5) is 30.6. The van der Waals surface area contributed by atoms with Crippen LogP contribution in [0.2, 0.25) is 0 Å². The zero-order valence-corrected chi connectivity index (χ0v) is 30.1. The Kier molecular flexibility index (Phi) is 10.9. The third-order valence-electron chi connectivity index (χ3n) is 10.5. The molecule has 1 amide bonds. The number of hydrogen-bond donors (Lipinski definition) is 2. The third kappa shape index (κ3) is 8.34. The van der Waals surface area contributed by atoms with Crippen LogP contribution in [0.4, 0.5) is 0 Å². The number of nitrogens with zero attached hydrogens (tertiary/aromatic N) is 1. The lowest BCUT2D eigenvalue weighted by Gasteiger charge is -2.31. The highest BCUT2D eigenvalue weighted by Crippen LogP contribution is 2.40. The average Bonchev–Trinajstić information content (AvgIpc) is 3.18. The van der Waals surface area contributed by atoms with E-state index in [1.165, 1.54) is 39.2 Å². The van der Waals surface area contributed by atoms with Gasteiger partial charge in [-0.2, -0.15) is 0 Å². The van der Waals surface area contributed by atoms with Crippen molar-refractivity contribution in [3.05, 3.63) is 106 Å². The van der Waals surface area contributed by atoms with E-state index in [1.54, 1.807) is 6.20 Å². The summed E-state index contributed by atoms with van der Waals surface area (Å²) in [5.74, 6) is 3.51. The van der Waals surface area contributed by atoms with Gasteiger partial charge in [-0.3, -0.25) is 9.78 Å². The lowest BCUT2D eigenvalue weighted by molar-refractivity contribution is -0.145. The van der Waals surface area contributed by atoms with Crippen LogP contribution in [0, 0.1) is 19.8 Å². The largest absolute Gasteiger partial charge is 0.493 e. The molecule has 2 N–H and O–H groups in total. The number of hydrogen-bond acceptors (Lipinski definition) is 9. The van der Waals surface area contributed by atoms with Crippen molar-refractivity contribution >= 4 is 11.9 Å². The van der Waals surface area contributed by atoms with E-state index in [0.717, 1.165) is 51.6 Å². The summed E-state index contributed by atoms with van der Waals surface area (Å²) in [5, 5.41) is 6.26. The van der Waals surface area contributed by atoms with Crippen molar-refractivity contribution in [2.75, 3.05) is 20.3 Å². The molecule has 3 aromatic carbocycles. The summed E-state index contributed by atoms with van der Waals surface area (Å²) in [6, 6.07) is 20.0. The summed E-state index contributed by atoms with van der Waals surface area (Å²) in [6.45, 7) is 5.54. The van der Waals surface area contributed by atoms with E-state index in [0.29, 0.717) is 42.7 Å². The van der Waals surface area contributed by atoms with Crippen LogP contribution in [0.1, 0.15) is 71.7 Å². The number of aromatic nitrogens is 1. The first-order valence-electron chi connectivity index (χ1n) is 18.3. The van der Waals surface area contributed by atoms with Gasteiger partial charge in [0.15, 0.2) is 17.6 Å². The molecule has 0 bridgehead atoms. The van der Waals surface area contributed by atoms with Crippen LogP contribution in [-0.4, -0.2) is 49.3 Å². The molecule has 1 aromatic heterocycles. The second-order valence-corrected chi connectivity index (χ2v) is 14.1. The van der Waals surface area contributed by atoms with Gasteiger partial charge in [-0.25, -0.2) is 4.79 Å². The fraction of sp³-hybridized carbons (Fsp3) is 0.405. The predicted molar refractivity (Wildman–Crippen MR) is 196 cm³/mol. The number of pyridine rings is 1. The number of benzene rings is 3. The first-order chi connectivity index (χ1) is 25.3. The fourth-order valence-electron chi connectivity index (χ4n) is 7.17. The molecule has 0 spiro atoms. The van der Waals surface area contributed by atoms with E-state index < -0.39 is 18.1 Å². The lowest BCUT2D eigenvalue weighted by atomic mass is 9.90. The Morgan fingerprint density at radius 1 is 0.942 bits per heavy atom. The maximum atomic E-state index is 13.5. The van der Waals surface area contributed by atoms with Crippen LogP contribution < -0.4 is 29.6 Å². The number of ether oxygens (including phenoxy) is 5. The van der Waals surface area contributed by atoms with E-state index in [9.17, 15) is 9.59 Å². The molecule has 7 rings (SSSR count). The Morgan fingerprint density at radius 3 is 2.46 bits per heavy atom. The van der Waals surface area contributed by atoms with Gasteiger partial charge >= 0.3 is 5.97 Å². The fourth-order valence-corrected chi connectivity index (χ4v) is 7.17. The van der Waals surface area contributed by atoms with Crippen molar-refractivity contribution in [3.8, 4) is 28.7 Å². The van der Waals surface area contributed by atoms with Gasteiger partial charge in [0.25, 0.3) is 0 Å². The van der Waals surface area contributed by atoms with Crippen LogP contribution in [0.3, 0.4) is 0 Å². The molecule has 10 heteroatoms. The number of aryl methyl sites for hydroxylation is 1. The van der Waals surface area contributed by atoms with Crippen LogP contribution in [0.25, 0.3) is 0 Å². The van der Waals surface area contributed by atoms with Gasteiger partial charge in [0.2, 0.25) is 5.91 Å². The Labute approximate surface area is 305 Å². The summed E-state index contributed by atoms with van der Waals surface area (Å²) < 4.78 is 29.8. The van der Waals surface area contributed by atoms with Crippen molar-refractivity contribution in [2.45, 2.75) is 83.5 Å². The standard InChI is InChI=1S/C42H47N3O7/c1-26-27(2)43-18-17-37(26)51-34-13-9-28(10-14-34)19-36(42(47)48-3)45-41(46)35-20-31-21-38-39(22-32(31)23-44-35)52-40(25-50-38)30-11-15-33(16-12-30)49-24-29-7-5-4-6-8-29/h9-18,21-22,29,35-36,40,44H,4-8,19-20,23-25H2,1-3H3,(H,45,46)/t35-,36-,40+/m0/s1. The van der Waals surface area contributed by atoms with Crippen molar-refractivity contribution < 1.29 is 33.3 Å². The van der Waals surface area contributed by atoms with Crippen molar-refractivity contribution in [1.29, 1.82) is 0 Å². The molecule has 52 heavy (non-hydrogen) atoms. The van der Waals surface area contributed by atoms with Crippen molar-refractivity contribution in [3.63, 3.8) is 0 Å². The molecule has 272 valence electrons. The van der Waals surface area contributed by atoms with Crippen LogP contribution in [0.15, 0.2) is 72.9 Å². The van der Waals surface area contributed by atoms with Gasteiger partial charge in [-0.05, 0) is 104 Å². The first-order valence-corrected chi connectivity index (χ1v) is 18.3. The summed E-state index contributed by atoms with van der Waals surface area (Å²) in [5.41, 5.74) is 5.81. The number of amides is 1. The number of esters is 1. The molecule has 0 saturated heterocycles. The molecule has 1 saturated carbocycles. The van der Waals surface area contributed by atoms with E-state index in [-0.39, 0.29) is 18.4 Å². The van der Waals surface area contributed by atoms with E-state index in [4.69, 9.17) is 23.7 Å². The number of rotatable bonds is 11. The normalized spacial score (nSPS) is 18.8. The summed E-state index contributed by atoms with van der Waals surface area (Å²) in [6.07, 6.45) is 8.67. The van der Waals surface area contributed by atoms with Crippen LogP contribution in [0.5, 0.6) is 28.7 Å². The Morgan fingerprint density at radius 2 is 1.69 bits per heavy atom. The predicted octanol–water partition coefficient (Wildman–Crippen LogP) is 6.88. The summed E-state index contributed by atoms with van der Waals surface area (Å²) in [7, 11) is 1.32. The number of carbonyl (C=O) groups is 2. The average molecular weight is 706 g/mol. The van der Waals surface area contributed by atoms with Gasteiger partial charge < -0.3 is 34.3 Å². The smallest absolute Gasteiger partial charge is 0.328 e. The minimum absolute atomic E-state index is 0.234. The number of nitrogens with one attached hydrogen (secondary N) is 2. The molecule has 10 nitrogen and oxygen atoms in total. The number of fused-ring (bicyclic) bond motifs is 2. The number of methoxy groups -OCH3 is 1. The maximum absolute atomic E-state index is 13.5. The molecule has 3 heterocycles. The molecular formula is C42H47N3O7. The third-order valence-corrected chi connectivity index (χ3v) is 10.5. The zero-order valence-electron chi connectivity index (χ0n) is 30.1. The maximum Gasteiger partial charge on any atom is 0.328 e. The molecule has 3 atom stereocenters. The Balaban J connectivity index is 0.939. The van der Waals surface area contributed by atoms with E-state index in [2.05, 4.69) is 27.8 Å². The quantitative estimate of drug-likeness (QED) is 0.161. The molecule has 0 unspecified atom stereocenters. The van der Waals surface area contributed by atoms with E-state index >= 15 is 0 Å². The highest BCUT2D eigenvalue weighted by Gasteiger charge is 2.31. The molecule has 1 aliphatic carbocycles. The van der Waals surface area contributed by atoms with Crippen molar-refractivity contribution in [1.82, 2.24) is 15.6 Å². The van der Waals surface area contributed by atoms with Gasteiger partial charge in [0.1, 0.15) is 29.9 Å². The van der Waals surface area contributed by atoms with E-state index in [1.807, 2.05) is 68.4 Å². The van der Waals surface area contributed by atoms with Gasteiger partial charge in [-0.15, -0.1) is 0 Å². The van der Waals surface area contributed by atoms with Crippen LogP contribution >= 0.6 is 0 Å². The van der Waals surface area contributed by atoms with Crippen molar-refractivity contribution in [2.24, 2.45) is 5.92 Å². The second kappa shape index (κ2) is 16.1. The topological polar surface area (TPSA) is 117 Å². The highest BCUT2D eigenvalue weighted by atomic mass is 16.6. The van der Waals surface area contributed by atoms with Gasteiger partial charge in [0.05, 0.1) is 19.8 Å². The second-order valence-electron chi connectivity index (χ2n) is 14.1. The zero-order chi connectivity index (χ0) is 36.0. The first kappa shape index (κ1) is 35.3. The minimum Gasteiger partial charge on any atom is -0.493 e. The molecule has 0 radical (unpaired) electrons. The monoisotopic (exact) mass is 705 g/mol. The van der Waals surface area contributed by atoms with Gasteiger partial charge in [0, 0.05) is 30.4 Å². The Bertz CT molecular complexity index is 1870. The molecule has 2 aliphatic heterocycles. The number of carbonyl (C=O) groups excluding carboxylic acids is 2. The SMILES string of the molecule is COC(=O)[C@H](Cc1ccc(Oc2ccnc(C)c2C)cc1)NC(=O)[C@@H]1Cc2cc3c(cc2CN1)O[C@@H](c1ccc(OCC2CCCCC2)cc1)CO3. The lowest BCUT2D eigenvalue weighted by Crippen LogP contribution is -2.53. The summed E-state index contributed by atoms with van der Waals surface area (Å²) >= 11 is 0. The molecular weight excluding hydrogens is 658 g/mol. The molecule has 1 fully saturated rings. The minimum atomic E-state index is -0.854. The Hall–Kier alpha value is -5.09. The van der Waals surface area contributed by atoms with Crippen LogP contribution in [-0.2, 0) is 33.7 Å².